The lowest BCUT2D eigenvalue weighted by Gasteiger charge is -2.27. The van der Waals surface area contributed by atoms with Crippen LogP contribution in [-0.4, -0.2) is 32.0 Å². The lowest BCUT2D eigenvalue weighted by Crippen LogP contribution is -2.46. The van der Waals surface area contributed by atoms with Gasteiger partial charge in [0, 0.05) is 12.2 Å². The Balaban J connectivity index is 2.54. The van der Waals surface area contributed by atoms with Gasteiger partial charge in [-0.25, -0.2) is 0 Å². The van der Waals surface area contributed by atoms with E-state index in [9.17, 15) is 0 Å². The molecule has 3 nitrogen and oxygen atoms in total. The van der Waals surface area contributed by atoms with Gasteiger partial charge in [0.1, 0.15) is 0 Å². The highest BCUT2D eigenvalue weighted by atomic mass is 15.2. The first-order valence-electron chi connectivity index (χ1n) is 6.30. The number of nitrogens with zero attached hydrogens (tertiary/aromatic N) is 1. The van der Waals surface area contributed by atoms with Crippen molar-refractivity contribution in [1.29, 1.82) is 0 Å². The monoisotopic (exact) mass is 243 g/mol. The third kappa shape index (κ3) is 4.20. The lowest BCUT2D eigenvalue weighted by atomic mass is 9.96. The molecule has 4 heteroatoms. The molecule has 0 saturated carbocycles. The summed E-state index contributed by atoms with van der Waals surface area (Å²) in [5.74, 6) is 0. The van der Waals surface area contributed by atoms with E-state index < -0.39 is 0 Å². The zero-order valence-corrected chi connectivity index (χ0v) is 11.1. The van der Waals surface area contributed by atoms with Gasteiger partial charge < -0.3 is 11.5 Å². The van der Waals surface area contributed by atoms with E-state index in [4.69, 9.17) is 19.3 Å². The van der Waals surface area contributed by atoms with Crippen molar-refractivity contribution in [3.05, 3.63) is 47.7 Å². The molecule has 1 atom stereocenters. The summed E-state index contributed by atoms with van der Waals surface area (Å²) in [6.07, 6.45) is 1.26. The van der Waals surface area contributed by atoms with E-state index in [2.05, 4.69) is 42.7 Å². The molecule has 0 aliphatic carbocycles. The predicted molar refractivity (Wildman–Crippen MR) is 78.2 cm³/mol. The van der Waals surface area contributed by atoms with E-state index >= 15 is 0 Å². The molecule has 0 heterocycles. The molecule has 18 heavy (non-hydrogen) atoms. The van der Waals surface area contributed by atoms with E-state index in [0.29, 0.717) is 12.0 Å². The van der Waals surface area contributed by atoms with Gasteiger partial charge in [-0.1, -0.05) is 49.7 Å². The SMILES string of the molecule is [B]Cc1ccc(CCN(CC)C(N)C(=C)N)cc1. The van der Waals surface area contributed by atoms with Crippen LogP contribution in [0.15, 0.2) is 36.5 Å². The second kappa shape index (κ2) is 7.24. The summed E-state index contributed by atoms with van der Waals surface area (Å²) in [7, 11) is 5.57. The molecule has 0 saturated heterocycles. The fraction of sp³-hybridized carbons (Fsp3) is 0.429. The molecule has 0 bridgehead atoms. The van der Waals surface area contributed by atoms with E-state index in [1.54, 1.807) is 0 Å². The molecule has 0 aliphatic heterocycles. The summed E-state index contributed by atoms with van der Waals surface area (Å²) < 4.78 is 0. The molecule has 0 aliphatic rings. The minimum Gasteiger partial charge on any atom is -0.400 e. The zero-order valence-electron chi connectivity index (χ0n) is 11.1. The number of benzene rings is 1. The highest BCUT2D eigenvalue weighted by molar-refractivity contribution is 6.08. The largest absolute Gasteiger partial charge is 0.400 e. The molecular weight excluding hydrogens is 221 g/mol. The molecular formula is C14H22BN3. The molecule has 0 amide bonds. The van der Waals surface area contributed by atoms with Crippen LogP contribution in [0, 0.1) is 0 Å². The standard InChI is InChI=1S/C14H22BN3/c1-3-18(14(17)11(2)16)9-8-12-4-6-13(10-15)7-5-12/h4-7,14H,2-3,8-10,16-17H2,1H3. The molecule has 4 N–H and O–H groups in total. The van der Waals surface area contributed by atoms with Crippen molar-refractivity contribution >= 4 is 7.85 Å². The first-order valence-corrected chi connectivity index (χ1v) is 6.30. The topological polar surface area (TPSA) is 55.3 Å². The van der Waals surface area contributed by atoms with Gasteiger partial charge in [0.05, 0.1) is 14.0 Å². The summed E-state index contributed by atoms with van der Waals surface area (Å²) in [4.78, 5) is 2.11. The Morgan fingerprint density at radius 2 is 1.89 bits per heavy atom. The second-order valence-corrected chi connectivity index (χ2v) is 4.42. The number of rotatable bonds is 7. The Morgan fingerprint density at radius 3 is 2.33 bits per heavy atom. The van der Waals surface area contributed by atoms with Crippen LogP contribution in [0.4, 0.5) is 0 Å². The van der Waals surface area contributed by atoms with Crippen molar-refractivity contribution in [2.24, 2.45) is 11.5 Å². The van der Waals surface area contributed by atoms with Crippen molar-refractivity contribution in [3.8, 4) is 0 Å². The maximum Gasteiger partial charge on any atom is 0.0976 e. The fourth-order valence-corrected chi connectivity index (χ4v) is 1.84. The van der Waals surface area contributed by atoms with Gasteiger partial charge >= 0.3 is 0 Å². The van der Waals surface area contributed by atoms with Crippen molar-refractivity contribution in [2.75, 3.05) is 13.1 Å². The van der Waals surface area contributed by atoms with Gasteiger partial charge in [-0.15, -0.1) is 0 Å². The van der Waals surface area contributed by atoms with Gasteiger partial charge in [-0.05, 0) is 18.5 Å². The van der Waals surface area contributed by atoms with Crippen LogP contribution < -0.4 is 11.5 Å². The fourth-order valence-electron chi connectivity index (χ4n) is 1.84. The van der Waals surface area contributed by atoms with Gasteiger partial charge in [0.25, 0.3) is 0 Å². The quantitative estimate of drug-likeness (QED) is 0.554. The van der Waals surface area contributed by atoms with E-state index in [-0.39, 0.29) is 6.17 Å². The average Bonchev–Trinajstić information content (AvgIpc) is 2.39. The maximum atomic E-state index is 5.97. The van der Waals surface area contributed by atoms with Crippen molar-refractivity contribution < 1.29 is 0 Å². The van der Waals surface area contributed by atoms with Crippen LogP contribution in [0.1, 0.15) is 18.1 Å². The number of hydrogen-bond acceptors (Lipinski definition) is 3. The minimum absolute atomic E-state index is 0.265. The summed E-state index contributed by atoms with van der Waals surface area (Å²) in [6.45, 7) is 7.50. The molecule has 1 aromatic carbocycles. The molecule has 2 radical (unpaired) electrons. The van der Waals surface area contributed by atoms with Crippen molar-refractivity contribution in [3.63, 3.8) is 0 Å². The van der Waals surface area contributed by atoms with E-state index in [0.717, 1.165) is 25.1 Å². The number of nitrogens with two attached hydrogens (primary N) is 2. The molecule has 1 unspecified atom stereocenters. The summed E-state index contributed by atoms with van der Waals surface area (Å²) >= 11 is 0. The Labute approximate surface area is 111 Å². The first-order chi connectivity index (χ1) is 8.58. The Bertz CT molecular complexity index is 375. The van der Waals surface area contributed by atoms with Crippen LogP contribution in [0.3, 0.4) is 0 Å². The van der Waals surface area contributed by atoms with Crippen LogP contribution >= 0.6 is 0 Å². The molecule has 96 valence electrons. The Hall–Kier alpha value is -1.26. The zero-order chi connectivity index (χ0) is 13.5. The normalized spacial score (nSPS) is 12.6. The van der Waals surface area contributed by atoms with Crippen LogP contribution in [-0.2, 0) is 12.7 Å². The Kier molecular flexibility index (Phi) is 5.95. The minimum atomic E-state index is -0.265. The second-order valence-electron chi connectivity index (χ2n) is 4.42. The average molecular weight is 243 g/mol. The lowest BCUT2D eigenvalue weighted by molar-refractivity contribution is 0.238. The summed E-state index contributed by atoms with van der Waals surface area (Å²) in [5.41, 5.74) is 14.5. The molecule has 0 fully saturated rings. The van der Waals surface area contributed by atoms with Crippen LogP contribution in [0.2, 0.25) is 0 Å². The highest BCUT2D eigenvalue weighted by Crippen LogP contribution is 2.07. The number of hydrogen-bond donors (Lipinski definition) is 2. The van der Waals surface area contributed by atoms with Gasteiger partial charge in [-0.3, -0.25) is 4.90 Å². The molecule has 0 spiro atoms. The highest BCUT2D eigenvalue weighted by Gasteiger charge is 2.13. The molecule has 1 aromatic rings. The number of likely N-dealkylation sites (N-methyl/N-ethyl adjacent to an activating group) is 1. The van der Waals surface area contributed by atoms with Gasteiger partial charge in [0.15, 0.2) is 0 Å². The van der Waals surface area contributed by atoms with Gasteiger partial charge in [-0.2, -0.15) is 0 Å². The van der Waals surface area contributed by atoms with Crippen molar-refractivity contribution in [2.45, 2.75) is 25.8 Å². The summed E-state index contributed by atoms with van der Waals surface area (Å²) in [5, 5.41) is 0. The van der Waals surface area contributed by atoms with E-state index in [1.165, 1.54) is 5.56 Å². The van der Waals surface area contributed by atoms with E-state index in [1.807, 2.05) is 0 Å². The smallest absolute Gasteiger partial charge is 0.0976 e. The third-order valence-electron chi connectivity index (χ3n) is 3.13. The maximum absolute atomic E-state index is 5.97. The van der Waals surface area contributed by atoms with Crippen LogP contribution in [0.25, 0.3) is 0 Å². The van der Waals surface area contributed by atoms with Crippen molar-refractivity contribution in [1.82, 2.24) is 4.90 Å². The summed E-state index contributed by atoms with van der Waals surface area (Å²) in [6, 6.07) is 8.35. The molecule has 1 rings (SSSR count). The first kappa shape index (κ1) is 14.8. The van der Waals surface area contributed by atoms with Crippen LogP contribution in [0.5, 0.6) is 0 Å². The Morgan fingerprint density at radius 1 is 1.33 bits per heavy atom. The predicted octanol–water partition coefficient (Wildman–Crippen LogP) is 0.977. The molecule has 0 aromatic heterocycles. The third-order valence-corrected chi connectivity index (χ3v) is 3.13. The van der Waals surface area contributed by atoms with Gasteiger partial charge in [0.2, 0.25) is 0 Å².